The fraction of sp³-hybridized carbons (Fsp3) is 0.400. The first kappa shape index (κ1) is 20.3. The van der Waals surface area contributed by atoms with Crippen LogP contribution in [0, 0.1) is 23.7 Å². The minimum absolute atomic E-state index is 0.0195. The summed E-state index contributed by atoms with van der Waals surface area (Å²) in [5.41, 5.74) is 2.40. The molecular weight excluding hydrogens is 378 g/mol. The van der Waals surface area contributed by atoms with Crippen LogP contribution in [0.2, 0.25) is 0 Å². The maximum absolute atomic E-state index is 13.1. The molecular formula is C25H27NO4. The highest BCUT2D eigenvalue weighted by Gasteiger charge is 2.54. The Balaban J connectivity index is 1.40. The van der Waals surface area contributed by atoms with E-state index < -0.39 is 11.9 Å². The second kappa shape index (κ2) is 8.82. The average Bonchev–Trinajstić information content (AvgIpc) is 3.40. The van der Waals surface area contributed by atoms with Gasteiger partial charge >= 0.3 is 5.97 Å². The smallest absolute Gasteiger partial charge is 0.310 e. The van der Waals surface area contributed by atoms with Crippen LogP contribution < -0.4 is 5.32 Å². The largest absolute Gasteiger partial charge is 0.455 e. The average molecular weight is 405 g/mol. The molecule has 2 fully saturated rings. The van der Waals surface area contributed by atoms with E-state index in [4.69, 9.17) is 4.74 Å². The molecule has 2 aliphatic rings. The minimum Gasteiger partial charge on any atom is -0.455 e. The molecule has 2 aliphatic carbocycles. The molecule has 0 aromatic heterocycles. The monoisotopic (exact) mass is 405 g/mol. The molecule has 5 nitrogen and oxygen atoms in total. The molecule has 0 aliphatic heterocycles. The van der Waals surface area contributed by atoms with Crippen molar-refractivity contribution < 1.29 is 19.1 Å². The van der Waals surface area contributed by atoms with Crippen molar-refractivity contribution in [3.63, 3.8) is 0 Å². The summed E-state index contributed by atoms with van der Waals surface area (Å²) in [6.07, 6.45) is 3.61. The quantitative estimate of drug-likeness (QED) is 0.551. The Morgan fingerprint density at radius 2 is 1.60 bits per heavy atom. The molecule has 156 valence electrons. The molecule has 2 aromatic rings. The fourth-order valence-electron chi connectivity index (χ4n) is 5.17. The lowest BCUT2D eigenvalue weighted by atomic mass is 9.75. The van der Waals surface area contributed by atoms with E-state index in [-0.39, 0.29) is 36.1 Å². The van der Waals surface area contributed by atoms with E-state index in [1.165, 1.54) is 0 Å². The molecule has 5 heteroatoms. The van der Waals surface area contributed by atoms with Crippen LogP contribution in [0.3, 0.4) is 0 Å². The van der Waals surface area contributed by atoms with Crippen LogP contribution in [0.25, 0.3) is 0 Å². The van der Waals surface area contributed by atoms with Crippen LogP contribution in [0.4, 0.5) is 5.69 Å². The second-order valence-corrected chi connectivity index (χ2v) is 8.28. The number of amides is 1. The number of anilines is 1. The Hall–Kier alpha value is -2.95. The number of hydrogen-bond acceptors (Lipinski definition) is 4. The lowest BCUT2D eigenvalue weighted by Gasteiger charge is -2.28. The standard InChI is InChI=1S/C25H27NO4/c1-2-16-8-6-7-11-20(16)26-21(27)15-30-25(29)23-19-13-12-18(14-19)22(23)24(28)17-9-4-3-5-10-17/h3-11,18-19,22-23H,2,12-15H2,1H3,(H,26,27)/t18-,19+,22-,23+/m0/s1. The number of carbonyl (C=O) groups is 3. The zero-order valence-corrected chi connectivity index (χ0v) is 17.2. The highest BCUT2D eigenvalue weighted by molar-refractivity contribution is 6.01. The van der Waals surface area contributed by atoms with Gasteiger partial charge in [0.15, 0.2) is 12.4 Å². The predicted molar refractivity (Wildman–Crippen MR) is 114 cm³/mol. The van der Waals surface area contributed by atoms with E-state index in [0.717, 1.165) is 36.9 Å². The molecule has 2 aromatic carbocycles. The van der Waals surface area contributed by atoms with Gasteiger partial charge in [-0.2, -0.15) is 0 Å². The number of benzene rings is 2. The Kier molecular flexibility index (Phi) is 5.98. The van der Waals surface area contributed by atoms with Crippen molar-refractivity contribution in [3.8, 4) is 0 Å². The summed E-state index contributed by atoms with van der Waals surface area (Å²) in [6, 6.07) is 16.7. The van der Waals surface area contributed by atoms with Crippen molar-refractivity contribution in [1.82, 2.24) is 0 Å². The van der Waals surface area contributed by atoms with Crippen molar-refractivity contribution in [1.29, 1.82) is 0 Å². The first-order valence-corrected chi connectivity index (χ1v) is 10.7. The van der Waals surface area contributed by atoms with Crippen LogP contribution >= 0.6 is 0 Å². The summed E-state index contributed by atoms with van der Waals surface area (Å²) >= 11 is 0. The van der Waals surface area contributed by atoms with E-state index >= 15 is 0 Å². The van der Waals surface area contributed by atoms with Gasteiger partial charge in [0, 0.05) is 17.2 Å². The number of fused-ring (bicyclic) bond motifs is 2. The molecule has 0 spiro atoms. The zero-order chi connectivity index (χ0) is 21.1. The van der Waals surface area contributed by atoms with Gasteiger partial charge in [0.05, 0.1) is 5.92 Å². The van der Waals surface area contributed by atoms with Crippen LogP contribution in [0.15, 0.2) is 54.6 Å². The van der Waals surface area contributed by atoms with E-state index in [9.17, 15) is 14.4 Å². The number of Topliss-reactive ketones (excluding diaryl/α,β-unsaturated/α-hetero) is 1. The number of ketones is 1. The molecule has 1 N–H and O–H groups in total. The highest BCUT2D eigenvalue weighted by Crippen LogP contribution is 2.53. The van der Waals surface area contributed by atoms with Crippen LogP contribution in [0.5, 0.6) is 0 Å². The molecule has 2 saturated carbocycles. The third-order valence-electron chi connectivity index (χ3n) is 6.57. The van der Waals surface area contributed by atoms with Crippen molar-refractivity contribution >= 4 is 23.3 Å². The van der Waals surface area contributed by atoms with Crippen molar-refractivity contribution in [2.75, 3.05) is 11.9 Å². The number of para-hydroxylation sites is 1. The number of hydrogen-bond donors (Lipinski definition) is 1. The number of aryl methyl sites for hydroxylation is 1. The third kappa shape index (κ3) is 4.02. The van der Waals surface area contributed by atoms with Crippen LogP contribution in [0.1, 0.15) is 42.1 Å². The highest BCUT2D eigenvalue weighted by atomic mass is 16.5. The Morgan fingerprint density at radius 1 is 0.933 bits per heavy atom. The van der Waals surface area contributed by atoms with Gasteiger partial charge in [-0.3, -0.25) is 14.4 Å². The summed E-state index contributed by atoms with van der Waals surface area (Å²) < 4.78 is 5.40. The van der Waals surface area contributed by atoms with Gasteiger partial charge in [-0.05, 0) is 49.1 Å². The number of nitrogens with one attached hydrogen (secondary N) is 1. The summed E-state index contributed by atoms with van der Waals surface area (Å²) in [4.78, 5) is 38.4. The van der Waals surface area contributed by atoms with Gasteiger partial charge in [0.2, 0.25) is 0 Å². The van der Waals surface area contributed by atoms with Gasteiger partial charge in [-0.1, -0.05) is 55.5 Å². The van der Waals surface area contributed by atoms with E-state index in [1.807, 2.05) is 49.4 Å². The Bertz CT molecular complexity index is 939. The Morgan fingerprint density at radius 3 is 2.33 bits per heavy atom. The van der Waals surface area contributed by atoms with Crippen molar-refractivity contribution in [2.24, 2.45) is 23.7 Å². The van der Waals surface area contributed by atoms with E-state index in [1.54, 1.807) is 12.1 Å². The lowest BCUT2D eigenvalue weighted by molar-refractivity contribution is -0.154. The van der Waals surface area contributed by atoms with Gasteiger partial charge < -0.3 is 10.1 Å². The number of rotatable bonds is 7. The van der Waals surface area contributed by atoms with Crippen molar-refractivity contribution in [2.45, 2.75) is 32.6 Å². The van der Waals surface area contributed by atoms with Gasteiger partial charge in [-0.15, -0.1) is 0 Å². The Labute approximate surface area is 176 Å². The molecule has 0 heterocycles. The molecule has 1 amide bonds. The van der Waals surface area contributed by atoms with Crippen molar-refractivity contribution in [3.05, 3.63) is 65.7 Å². The summed E-state index contributed by atoms with van der Waals surface area (Å²) in [6.45, 7) is 1.68. The van der Waals surface area contributed by atoms with E-state index in [2.05, 4.69) is 5.32 Å². The minimum atomic E-state index is -0.452. The second-order valence-electron chi connectivity index (χ2n) is 8.28. The summed E-state index contributed by atoms with van der Waals surface area (Å²) in [5.74, 6) is -1.16. The van der Waals surface area contributed by atoms with Crippen LogP contribution in [-0.2, 0) is 20.7 Å². The summed E-state index contributed by atoms with van der Waals surface area (Å²) in [7, 11) is 0. The fourth-order valence-corrected chi connectivity index (χ4v) is 5.17. The molecule has 0 saturated heterocycles. The third-order valence-corrected chi connectivity index (χ3v) is 6.57. The lowest BCUT2D eigenvalue weighted by Crippen LogP contribution is -2.37. The molecule has 4 atom stereocenters. The maximum atomic E-state index is 13.1. The first-order chi connectivity index (χ1) is 14.6. The van der Waals surface area contributed by atoms with E-state index in [0.29, 0.717) is 5.56 Å². The normalized spacial score (nSPS) is 24.4. The molecule has 30 heavy (non-hydrogen) atoms. The number of ether oxygens (including phenoxy) is 1. The number of carbonyl (C=O) groups excluding carboxylic acids is 3. The van der Waals surface area contributed by atoms with Gasteiger partial charge in [-0.25, -0.2) is 0 Å². The zero-order valence-electron chi connectivity index (χ0n) is 17.2. The molecule has 4 rings (SSSR count). The predicted octanol–water partition coefficient (Wildman–Crippen LogP) is 4.28. The molecule has 0 unspecified atom stereocenters. The van der Waals surface area contributed by atoms with Gasteiger partial charge in [0.1, 0.15) is 0 Å². The first-order valence-electron chi connectivity index (χ1n) is 10.7. The topological polar surface area (TPSA) is 72.5 Å². The van der Waals surface area contributed by atoms with Crippen LogP contribution in [-0.4, -0.2) is 24.3 Å². The SMILES string of the molecule is CCc1ccccc1NC(=O)COC(=O)[C@@H]1[C@@H]2CC[C@@H](C2)[C@@H]1C(=O)c1ccccc1. The maximum Gasteiger partial charge on any atom is 0.310 e. The molecule has 0 radical (unpaired) electrons. The molecule has 2 bridgehead atoms. The van der Waals surface area contributed by atoms with Gasteiger partial charge in [0.25, 0.3) is 5.91 Å². The number of esters is 1. The summed E-state index contributed by atoms with van der Waals surface area (Å²) in [5, 5.41) is 2.82.